The summed E-state index contributed by atoms with van der Waals surface area (Å²) in [7, 11) is 1.91. The summed E-state index contributed by atoms with van der Waals surface area (Å²) in [4.78, 5) is 13.9. The van der Waals surface area contributed by atoms with Crippen molar-refractivity contribution in [2.75, 3.05) is 13.6 Å². The summed E-state index contributed by atoms with van der Waals surface area (Å²) in [6, 6.07) is 10.5. The van der Waals surface area contributed by atoms with Crippen LogP contribution in [0.1, 0.15) is 44.0 Å². The second-order valence-corrected chi connectivity index (χ2v) is 7.73. The molecule has 1 fully saturated rings. The Morgan fingerprint density at radius 1 is 1.35 bits per heavy atom. The Kier molecular flexibility index (Phi) is 5.88. The minimum atomic E-state index is 0.0140. The third kappa shape index (κ3) is 4.80. The highest BCUT2D eigenvalue weighted by molar-refractivity contribution is 7.71. The van der Waals surface area contributed by atoms with E-state index in [1.807, 2.05) is 48.7 Å². The number of carbonyl (C=O) groups excluding carboxylic acids is 1. The fraction of sp³-hybridized carbons (Fsp3) is 0.526. The van der Waals surface area contributed by atoms with Crippen LogP contribution in [0.3, 0.4) is 0 Å². The molecule has 0 aliphatic heterocycles. The Balaban J connectivity index is 1.75. The number of benzene rings is 1. The van der Waals surface area contributed by atoms with Crippen LogP contribution in [0.4, 0.5) is 0 Å². The summed E-state index contributed by atoms with van der Waals surface area (Å²) in [5.74, 6) is 1.59. The minimum absolute atomic E-state index is 0.0140. The Hall–Kier alpha value is -1.99. The van der Waals surface area contributed by atoms with Gasteiger partial charge >= 0.3 is 0 Å². The normalized spacial score (nSPS) is 14.2. The van der Waals surface area contributed by atoms with E-state index in [2.05, 4.69) is 22.0 Å². The maximum atomic E-state index is 12.0. The predicted molar refractivity (Wildman–Crippen MR) is 104 cm³/mol. The number of aromatic nitrogens is 3. The van der Waals surface area contributed by atoms with Crippen molar-refractivity contribution < 1.29 is 4.79 Å². The lowest BCUT2D eigenvalue weighted by molar-refractivity contribution is -0.122. The Labute approximate surface area is 159 Å². The third-order valence-electron chi connectivity index (χ3n) is 4.32. The molecule has 1 aromatic heterocycles. The first kappa shape index (κ1) is 18.8. The number of hydrogen-bond acceptors (Lipinski definition) is 4. The quantitative estimate of drug-likeness (QED) is 0.723. The fourth-order valence-electron chi connectivity index (χ4n) is 3.00. The first-order valence-electron chi connectivity index (χ1n) is 9.13. The molecule has 0 unspecified atom stereocenters. The molecule has 6 nitrogen and oxygen atoms in total. The molecule has 1 N–H and O–H groups in total. The summed E-state index contributed by atoms with van der Waals surface area (Å²) in [6.07, 6.45) is 2.35. The van der Waals surface area contributed by atoms with Crippen molar-refractivity contribution in [1.82, 2.24) is 24.6 Å². The summed E-state index contributed by atoms with van der Waals surface area (Å²) in [6.45, 7) is 5.49. The highest BCUT2D eigenvalue weighted by Gasteiger charge is 2.30. The zero-order chi connectivity index (χ0) is 18.7. The van der Waals surface area contributed by atoms with Crippen LogP contribution in [-0.2, 0) is 18.0 Å². The summed E-state index contributed by atoms with van der Waals surface area (Å²) in [5.41, 5.74) is 1.22. The molecule has 0 saturated heterocycles. The molecule has 1 saturated carbocycles. The van der Waals surface area contributed by atoms with Crippen molar-refractivity contribution >= 4 is 18.1 Å². The van der Waals surface area contributed by atoms with Crippen LogP contribution in [0, 0.1) is 4.77 Å². The average Bonchev–Trinajstić information content (AvgIpc) is 3.37. The van der Waals surface area contributed by atoms with Gasteiger partial charge in [-0.25, -0.2) is 4.68 Å². The van der Waals surface area contributed by atoms with Crippen molar-refractivity contribution in [1.29, 1.82) is 0 Å². The van der Waals surface area contributed by atoms with Crippen molar-refractivity contribution in [2.24, 2.45) is 0 Å². The van der Waals surface area contributed by atoms with Crippen LogP contribution in [0.5, 0.6) is 0 Å². The lowest BCUT2D eigenvalue weighted by Crippen LogP contribution is -2.39. The number of carbonyl (C=O) groups is 1. The maximum absolute atomic E-state index is 12.0. The second-order valence-electron chi connectivity index (χ2n) is 7.36. The minimum Gasteiger partial charge on any atom is -0.353 e. The van der Waals surface area contributed by atoms with Gasteiger partial charge in [0, 0.05) is 12.0 Å². The smallest absolute Gasteiger partial charge is 0.234 e. The van der Waals surface area contributed by atoms with E-state index in [1.165, 1.54) is 18.4 Å². The molecule has 1 aliphatic rings. The lowest BCUT2D eigenvalue weighted by Gasteiger charge is -2.17. The van der Waals surface area contributed by atoms with Gasteiger partial charge in [0.15, 0.2) is 4.77 Å². The third-order valence-corrected chi connectivity index (χ3v) is 4.75. The van der Waals surface area contributed by atoms with Gasteiger partial charge in [-0.2, -0.15) is 5.10 Å². The summed E-state index contributed by atoms with van der Waals surface area (Å²) in [5, 5.41) is 7.69. The first-order valence-corrected chi connectivity index (χ1v) is 9.54. The van der Waals surface area contributed by atoms with Gasteiger partial charge in [-0.3, -0.25) is 14.3 Å². The molecule has 7 heteroatoms. The molecule has 1 amide bonds. The van der Waals surface area contributed by atoms with Gasteiger partial charge in [0.25, 0.3) is 0 Å². The Morgan fingerprint density at radius 2 is 2.04 bits per heavy atom. The highest BCUT2D eigenvalue weighted by atomic mass is 32.1. The van der Waals surface area contributed by atoms with Crippen LogP contribution in [-0.4, -0.2) is 44.8 Å². The summed E-state index contributed by atoms with van der Waals surface area (Å²) >= 11 is 5.70. The van der Waals surface area contributed by atoms with Gasteiger partial charge in [-0.05, 0) is 51.5 Å². The molecular weight excluding hydrogens is 346 g/mol. The lowest BCUT2D eigenvalue weighted by atomic mass is 10.2. The van der Waals surface area contributed by atoms with E-state index < -0.39 is 0 Å². The van der Waals surface area contributed by atoms with Crippen LogP contribution >= 0.6 is 12.2 Å². The van der Waals surface area contributed by atoms with E-state index in [9.17, 15) is 4.79 Å². The van der Waals surface area contributed by atoms with E-state index in [0.29, 0.717) is 23.9 Å². The average molecular weight is 374 g/mol. The van der Waals surface area contributed by atoms with E-state index in [-0.39, 0.29) is 11.9 Å². The molecule has 0 atom stereocenters. The number of nitrogens with zero attached hydrogens (tertiary/aromatic N) is 4. The van der Waals surface area contributed by atoms with E-state index in [0.717, 1.165) is 12.4 Å². The number of hydrogen-bond donors (Lipinski definition) is 1. The molecule has 140 valence electrons. The molecule has 1 aromatic carbocycles. The fourth-order valence-corrected chi connectivity index (χ4v) is 3.26. The molecule has 1 aliphatic carbocycles. The van der Waals surface area contributed by atoms with Crippen molar-refractivity contribution in [2.45, 2.75) is 51.9 Å². The Morgan fingerprint density at radius 3 is 2.65 bits per heavy atom. The van der Waals surface area contributed by atoms with Gasteiger partial charge < -0.3 is 5.32 Å². The van der Waals surface area contributed by atoms with Gasteiger partial charge in [0.2, 0.25) is 5.91 Å². The van der Waals surface area contributed by atoms with E-state index in [4.69, 9.17) is 17.3 Å². The second kappa shape index (κ2) is 8.14. The van der Waals surface area contributed by atoms with Gasteiger partial charge in [0.1, 0.15) is 5.82 Å². The Bertz CT molecular complexity index is 807. The molecular formula is C19H27N5OS. The first-order chi connectivity index (χ1) is 12.4. The number of likely N-dealkylation sites (N-methyl/N-ethyl adjacent to an activating group) is 1. The predicted octanol–water partition coefficient (Wildman–Crippen LogP) is 2.75. The SMILES string of the molecule is CC(C)NC(=O)CN(C)Cn1nc(C2CC2)n(Cc2ccccc2)c1=S. The largest absolute Gasteiger partial charge is 0.353 e. The van der Waals surface area contributed by atoms with Crippen molar-refractivity contribution in [3.05, 3.63) is 46.5 Å². The van der Waals surface area contributed by atoms with Gasteiger partial charge in [-0.1, -0.05) is 30.3 Å². The summed E-state index contributed by atoms with van der Waals surface area (Å²) < 4.78 is 4.70. The number of rotatable bonds is 8. The molecule has 0 bridgehead atoms. The maximum Gasteiger partial charge on any atom is 0.234 e. The monoisotopic (exact) mass is 373 g/mol. The van der Waals surface area contributed by atoms with Gasteiger partial charge in [-0.15, -0.1) is 0 Å². The van der Waals surface area contributed by atoms with Crippen molar-refractivity contribution in [3.8, 4) is 0 Å². The molecule has 2 aromatic rings. The number of nitrogens with one attached hydrogen (secondary N) is 1. The molecule has 0 spiro atoms. The number of amides is 1. The van der Waals surface area contributed by atoms with E-state index in [1.54, 1.807) is 0 Å². The zero-order valence-electron chi connectivity index (χ0n) is 15.7. The van der Waals surface area contributed by atoms with Crippen LogP contribution in [0.2, 0.25) is 0 Å². The highest BCUT2D eigenvalue weighted by Crippen LogP contribution is 2.39. The van der Waals surface area contributed by atoms with Crippen LogP contribution in [0.15, 0.2) is 30.3 Å². The molecule has 3 rings (SSSR count). The topological polar surface area (TPSA) is 55.1 Å². The van der Waals surface area contributed by atoms with Crippen LogP contribution < -0.4 is 5.32 Å². The van der Waals surface area contributed by atoms with Gasteiger partial charge in [0.05, 0.1) is 19.8 Å². The molecule has 0 radical (unpaired) electrons. The van der Waals surface area contributed by atoms with Crippen LogP contribution in [0.25, 0.3) is 0 Å². The standard InChI is InChI=1S/C19H27N5OS/c1-14(2)20-17(25)12-22(3)13-24-19(26)23(18(21-24)16-9-10-16)11-15-7-5-4-6-8-15/h4-8,14,16H,9-13H2,1-3H3,(H,20,25). The van der Waals surface area contributed by atoms with Crippen molar-refractivity contribution in [3.63, 3.8) is 0 Å². The zero-order valence-corrected chi connectivity index (χ0v) is 16.5. The molecule has 1 heterocycles. The molecule has 26 heavy (non-hydrogen) atoms. The van der Waals surface area contributed by atoms with E-state index >= 15 is 0 Å².